The second-order valence-corrected chi connectivity index (χ2v) is 7.87. The Hall–Kier alpha value is -1.26. The van der Waals surface area contributed by atoms with Crippen LogP contribution < -0.4 is 4.74 Å². The van der Waals surface area contributed by atoms with Crippen molar-refractivity contribution in [1.82, 2.24) is 4.90 Å². The summed E-state index contributed by atoms with van der Waals surface area (Å²) in [5.74, 6) is 1.48. The summed E-state index contributed by atoms with van der Waals surface area (Å²) >= 11 is 5.68. The summed E-state index contributed by atoms with van der Waals surface area (Å²) in [5, 5.41) is 4.48. The minimum absolute atomic E-state index is 0.294. The Morgan fingerprint density at radius 1 is 1.12 bits per heavy atom. The fourth-order valence-corrected chi connectivity index (χ4v) is 2.79. The molecule has 0 N–H and O–H groups in total. The SMILES string of the molecule is CC(C)(C)ON=C(CN1CCCCC1)c1ccc(OCCCCl)cc1. The molecule has 0 spiro atoms. The predicted molar refractivity (Wildman–Crippen MR) is 105 cm³/mol. The number of nitrogens with zero attached hydrogens (tertiary/aromatic N) is 2. The van der Waals surface area contributed by atoms with Crippen LogP contribution in [0.5, 0.6) is 5.75 Å². The van der Waals surface area contributed by atoms with Gasteiger partial charge in [0.25, 0.3) is 0 Å². The molecular weight excluding hydrogens is 336 g/mol. The third kappa shape index (κ3) is 7.66. The van der Waals surface area contributed by atoms with E-state index in [1.807, 2.05) is 32.9 Å². The van der Waals surface area contributed by atoms with Gasteiger partial charge in [0, 0.05) is 18.0 Å². The molecule has 1 aromatic carbocycles. The highest BCUT2D eigenvalue weighted by Gasteiger charge is 2.17. The minimum atomic E-state index is -0.294. The Morgan fingerprint density at radius 3 is 2.40 bits per heavy atom. The van der Waals surface area contributed by atoms with Crippen molar-refractivity contribution in [2.75, 3.05) is 32.1 Å². The lowest BCUT2D eigenvalue weighted by atomic mass is 10.1. The lowest BCUT2D eigenvalue weighted by Gasteiger charge is -2.27. The largest absolute Gasteiger partial charge is 0.494 e. The van der Waals surface area contributed by atoms with E-state index in [9.17, 15) is 0 Å². The van der Waals surface area contributed by atoms with Gasteiger partial charge in [0.05, 0.1) is 6.61 Å². The molecule has 0 unspecified atom stereocenters. The molecule has 0 aromatic heterocycles. The molecule has 0 saturated carbocycles. The lowest BCUT2D eigenvalue weighted by molar-refractivity contribution is 0.000367. The number of hydrogen-bond donors (Lipinski definition) is 0. The van der Waals surface area contributed by atoms with Crippen LogP contribution in [-0.4, -0.2) is 48.3 Å². The van der Waals surface area contributed by atoms with Crippen molar-refractivity contribution in [3.8, 4) is 5.75 Å². The highest BCUT2D eigenvalue weighted by atomic mass is 35.5. The Morgan fingerprint density at radius 2 is 1.80 bits per heavy atom. The van der Waals surface area contributed by atoms with Gasteiger partial charge < -0.3 is 9.57 Å². The molecule has 1 aromatic rings. The van der Waals surface area contributed by atoms with E-state index in [-0.39, 0.29) is 5.60 Å². The lowest BCUT2D eigenvalue weighted by Crippen LogP contribution is -2.35. The number of likely N-dealkylation sites (tertiary alicyclic amines) is 1. The summed E-state index contributed by atoms with van der Waals surface area (Å²) in [6, 6.07) is 8.11. The molecule has 0 atom stereocenters. The molecule has 1 saturated heterocycles. The zero-order chi connectivity index (χ0) is 18.1. The van der Waals surface area contributed by atoms with Crippen LogP contribution in [-0.2, 0) is 4.84 Å². The smallest absolute Gasteiger partial charge is 0.129 e. The van der Waals surface area contributed by atoms with Gasteiger partial charge >= 0.3 is 0 Å². The molecule has 2 rings (SSSR count). The third-order valence-corrected chi connectivity index (χ3v) is 4.25. The fourth-order valence-electron chi connectivity index (χ4n) is 2.68. The molecule has 1 heterocycles. The first-order valence-electron chi connectivity index (χ1n) is 9.24. The molecule has 0 aliphatic carbocycles. The van der Waals surface area contributed by atoms with Gasteiger partial charge in [-0.1, -0.05) is 11.6 Å². The van der Waals surface area contributed by atoms with Gasteiger partial charge in [0.2, 0.25) is 0 Å². The number of benzene rings is 1. The number of hydrogen-bond acceptors (Lipinski definition) is 4. The highest BCUT2D eigenvalue weighted by Crippen LogP contribution is 2.17. The van der Waals surface area contributed by atoms with E-state index < -0.39 is 0 Å². The summed E-state index contributed by atoms with van der Waals surface area (Å²) in [6.07, 6.45) is 4.71. The van der Waals surface area contributed by atoms with Gasteiger partial charge in [0.15, 0.2) is 0 Å². The maximum Gasteiger partial charge on any atom is 0.129 e. The topological polar surface area (TPSA) is 34.1 Å². The molecule has 140 valence electrons. The van der Waals surface area contributed by atoms with Crippen LogP contribution in [0.25, 0.3) is 0 Å². The second-order valence-electron chi connectivity index (χ2n) is 7.49. The van der Waals surface area contributed by atoms with Crippen LogP contribution in [0.3, 0.4) is 0 Å². The Kier molecular flexibility index (Phi) is 8.04. The number of piperidine rings is 1. The average molecular weight is 367 g/mol. The predicted octanol–water partition coefficient (Wildman–Crippen LogP) is 4.70. The van der Waals surface area contributed by atoms with Crippen molar-refractivity contribution in [2.45, 2.75) is 52.1 Å². The van der Waals surface area contributed by atoms with Crippen molar-refractivity contribution in [1.29, 1.82) is 0 Å². The standard InChI is InChI=1S/C20H31ClN2O2/c1-20(2,3)25-22-19(16-23-13-5-4-6-14-23)17-8-10-18(11-9-17)24-15-7-12-21/h8-11H,4-7,12-16H2,1-3H3. The zero-order valence-corrected chi connectivity index (χ0v) is 16.5. The molecule has 5 heteroatoms. The number of oxime groups is 1. The molecule has 0 amide bonds. The van der Waals surface area contributed by atoms with Crippen molar-refractivity contribution in [3.05, 3.63) is 29.8 Å². The monoisotopic (exact) mass is 366 g/mol. The molecule has 4 nitrogen and oxygen atoms in total. The molecule has 1 aliphatic heterocycles. The van der Waals surface area contributed by atoms with Gasteiger partial charge in [-0.05, 0) is 77.4 Å². The second kappa shape index (κ2) is 10.0. The minimum Gasteiger partial charge on any atom is -0.494 e. The van der Waals surface area contributed by atoms with Crippen molar-refractivity contribution < 1.29 is 9.57 Å². The van der Waals surface area contributed by atoms with Gasteiger partial charge in [0.1, 0.15) is 17.1 Å². The van der Waals surface area contributed by atoms with Crippen LogP contribution in [0.4, 0.5) is 0 Å². The summed E-state index contributed by atoms with van der Waals surface area (Å²) in [4.78, 5) is 8.17. The summed E-state index contributed by atoms with van der Waals surface area (Å²) in [6.45, 7) is 9.78. The van der Waals surface area contributed by atoms with E-state index >= 15 is 0 Å². The van der Waals surface area contributed by atoms with Gasteiger partial charge in [-0.3, -0.25) is 4.90 Å². The number of rotatable bonds is 8. The Balaban J connectivity index is 2.07. The van der Waals surface area contributed by atoms with Crippen LogP contribution in [0.1, 0.15) is 52.0 Å². The van der Waals surface area contributed by atoms with Gasteiger partial charge in [-0.25, -0.2) is 0 Å². The third-order valence-electron chi connectivity index (χ3n) is 3.99. The van der Waals surface area contributed by atoms with E-state index in [1.165, 1.54) is 19.3 Å². The first-order chi connectivity index (χ1) is 12.0. The van der Waals surface area contributed by atoms with Gasteiger partial charge in [-0.15, -0.1) is 11.6 Å². The summed E-state index contributed by atoms with van der Waals surface area (Å²) in [7, 11) is 0. The maximum atomic E-state index is 5.71. The van der Waals surface area contributed by atoms with Gasteiger partial charge in [-0.2, -0.15) is 0 Å². The maximum absolute atomic E-state index is 5.71. The first-order valence-corrected chi connectivity index (χ1v) is 9.78. The van der Waals surface area contributed by atoms with E-state index in [1.54, 1.807) is 0 Å². The first kappa shape index (κ1) is 20.1. The number of halogens is 1. The molecule has 1 fully saturated rings. The molecular formula is C20H31ClN2O2. The van der Waals surface area contributed by atoms with Crippen molar-refractivity contribution in [2.24, 2.45) is 5.16 Å². The fraction of sp³-hybridized carbons (Fsp3) is 0.650. The summed E-state index contributed by atoms with van der Waals surface area (Å²) < 4.78 is 5.68. The number of alkyl halides is 1. The van der Waals surface area contributed by atoms with Crippen LogP contribution in [0, 0.1) is 0 Å². The Labute approximate surface area is 157 Å². The molecule has 1 aliphatic rings. The van der Waals surface area contributed by atoms with E-state index in [2.05, 4.69) is 22.2 Å². The quantitative estimate of drug-likeness (QED) is 0.289. The molecule has 0 bridgehead atoms. The van der Waals surface area contributed by atoms with Crippen LogP contribution in [0.2, 0.25) is 0 Å². The van der Waals surface area contributed by atoms with E-state index in [0.717, 1.165) is 43.1 Å². The molecule has 0 radical (unpaired) electrons. The van der Waals surface area contributed by atoms with Crippen LogP contribution >= 0.6 is 11.6 Å². The van der Waals surface area contributed by atoms with E-state index in [4.69, 9.17) is 21.2 Å². The van der Waals surface area contributed by atoms with Crippen molar-refractivity contribution in [3.63, 3.8) is 0 Å². The zero-order valence-electron chi connectivity index (χ0n) is 15.8. The highest BCUT2D eigenvalue weighted by molar-refractivity contribution is 6.17. The van der Waals surface area contributed by atoms with Crippen molar-refractivity contribution >= 4 is 17.3 Å². The Bertz CT molecular complexity index is 532. The normalized spacial score (nSPS) is 16.7. The average Bonchev–Trinajstić information content (AvgIpc) is 2.60. The number of ether oxygens (including phenoxy) is 1. The molecule has 25 heavy (non-hydrogen) atoms. The van der Waals surface area contributed by atoms with E-state index in [0.29, 0.717) is 12.5 Å². The summed E-state index contributed by atoms with van der Waals surface area (Å²) in [5.41, 5.74) is 1.77. The van der Waals surface area contributed by atoms with Crippen LogP contribution in [0.15, 0.2) is 29.4 Å².